The molecule has 0 unspecified atom stereocenters. The van der Waals surface area contributed by atoms with Gasteiger partial charge in [0.25, 0.3) is 0 Å². The van der Waals surface area contributed by atoms with Crippen molar-refractivity contribution in [1.29, 1.82) is 0 Å². The molecule has 0 aromatic carbocycles. The molecule has 0 N–H and O–H groups in total. The molecule has 0 aliphatic carbocycles. The van der Waals surface area contributed by atoms with Crippen LogP contribution in [-0.2, 0) is 47.9 Å². The Bertz CT molecular complexity index is 506. The smallest absolute Gasteiger partial charge is 0.303 e. The fourth-order valence-electron chi connectivity index (χ4n) is 1.82. The number of aldehydes is 1. The summed E-state index contributed by atoms with van der Waals surface area (Å²) in [7, 11) is 0. The van der Waals surface area contributed by atoms with E-state index in [9.17, 15) is 28.5 Å². The average Bonchev–Trinajstić information content (AvgIpc) is 2.48. The fourth-order valence-corrected chi connectivity index (χ4v) is 1.82. The van der Waals surface area contributed by atoms with E-state index in [2.05, 4.69) is 4.94 Å². The van der Waals surface area contributed by atoms with Crippen LogP contribution in [0.4, 0.5) is 4.53 Å². The minimum absolute atomic E-state index is 0.0409. The van der Waals surface area contributed by atoms with Crippen molar-refractivity contribution in [1.82, 2.24) is 0 Å². The van der Waals surface area contributed by atoms with Crippen molar-refractivity contribution in [2.24, 2.45) is 0 Å². The lowest BCUT2D eigenvalue weighted by atomic mass is 10.0. The normalized spacial score (nSPS) is 15.1. The van der Waals surface area contributed by atoms with Gasteiger partial charge in [0.1, 0.15) is 6.61 Å². The summed E-state index contributed by atoms with van der Waals surface area (Å²) in [5.74, 6) is -3.50. The van der Waals surface area contributed by atoms with Crippen molar-refractivity contribution in [3.63, 3.8) is 0 Å². The Labute approximate surface area is 142 Å². The quantitative estimate of drug-likeness (QED) is 0.291. The molecule has 10 nitrogen and oxygen atoms in total. The molecule has 0 rings (SSSR count). The minimum atomic E-state index is -1.98. The average molecular weight is 366 g/mol. The molecule has 0 saturated heterocycles. The van der Waals surface area contributed by atoms with Crippen LogP contribution in [-0.4, -0.2) is 61.2 Å². The maximum Gasteiger partial charge on any atom is 0.303 e. The molecule has 0 aromatic rings. The van der Waals surface area contributed by atoms with Crippen LogP contribution >= 0.6 is 0 Å². The van der Waals surface area contributed by atoms with Gasteiger partial charge in [0.15, 0.2) is 30.7 Å². The van der Waals surface area contributed by atoms with Gasteiger partial charge in [0.2, 0.25) is 0 Å². The molecule has 0 aliphatic heterocycles. The van der Waals surface area contributed by atoms with Crippen LogP contribution in [0.5, 0.6) is 0 Å². The fraction of sp³-hybridized carbons (Fsp3) is 0.643. The van der Waals surface area contributed by atoms with E-state index < -0.39 is 54.9 Å². The maximum absolute atomic E-state index is 12.6. The second-order valence-electron chi connectivity index (χ2n) is 4.79. The van der Waals surface area contributed by atoms with E-state index in [1.807, 2.05) is 0 Å². The highest BCUT2D eigenvalue weighted by molar-refractivity contribution is 5.69. The molecule has 4 atom stereocenters. The topological polar surface area (TPSA) is 132 Å². The number of esters is 4. The number of halogens is 1. The molecule has 11 heteroatoms. The molecule has 0 aromatic heterocycles. The summed E-state index contributed by atoms with van der Waals surface area (Å²) in [6, 6.07) is 0. The largest absolute Gasteiger partial charge is 0.462 e. The molecular formula is C14H19FO10. The van der Waals surface area contributed by atoms with Crippen molar-refractivity contribution >= 4 is 30.2 Å². The highest BCUT2D eigenvalue weighted by atomic mass is 19.3. The van der Waals surface area contributed by atoms with Crippen molar-refractivity contribution in [2.75, 3.05) is 6.61 Å². The van der Waals surface area contributed by atoms with Crippen LogP contribution in [0.2, 0.25) is 0 Å². The van der Waals surface area contributed by atoms with Gasteiger partial charge in [0, 0.05) is 27.7 Å². The minimum Gasteiger partial charge on any atom is -0.462 e. The van der Waals surface area contributed by atoms with Gasteiger partial charge in [-0.05, 0) is 4.53 Å². The van der Waals surface area contributed by atoms with E-state index in [0.717, 1.165) is 27.7 Å². The first-order chi connectivity index (χ1) is 11.6. The first-order valence-corrected chi connectivity index (χ1v) is 7.00. The molecule has 0 saturated carbocycles. The zero-order valence-electron chi connectivity index (χ0n) is 14.1. The zero-order chi connectivity index (χ0) is 19.6. The number of ether oxygens (including phenoxy) is 4. The van der Waals surface area contributed by atoms with Gasteiger partial charge in [-0.25, -0.2) is 0 Å². The number of hydrogen-bond acceptors (Lipinski definition) is 10. The van der Waals surface area contributed by atoms with Gasteiger partial charge in [-0.3, -0.25) is 19.2 Å². The highest BCUT2D eigenvalue weighted by Gasteiger charge is 2.43. The lowest BCUT2D eigenvalue weighted by Crippen LogP contribution is -2.52. The Balaban J connectivity index is 5.80. The molecule has 0 bridgehead atoms. The van der Waals surface area contributed by atoms with Gasteiger partial charge >= 0.3 is 23.9 Å². The monoisotopic (exact) mass is 366 g/mol. The van der Waals surface area contributed by atoms with Crippen molar-refractivity contribution in [2.45, 2.75) is 52.1 Å². The Morgan fingerprint density at radius 1 is 0.840 bits per heavy atom. The summed E-state index contributed by atoms with van der Waals surface area (Å²) < 4.78 is 31.9. The van der Waals surface area contributed by atoms with E-state index in [-0.39, 0.29) is 6.29 Å². The third kappa shape index (κ3) is 8.74. The molecule has 0 fully saturated rings. The van der Waals surface area contributed by atoms with Crippen molar-refractivity contribution < 1.29 is 52.4 Å². The zero-order valence-corrected chi connectivity index (χ0v) is 14.1. The third-order valence-corrected chi connectivity index (χ3v) is 2.62. The van der Waals surface area contributed by atoms with Crippen LogP contribution in [0.15, 0.2) is 0 Å². The van der Waals surface area contributed by atoms with Crippen LogP contribution in [0.3, 0.4) is 0 Å². The van der Waals surface area contributed by atoms with Gasteiger partial charge in [-0.1, -0.05) is 0 Å². The van der Waals surface area contributed by atoms with Crippen LogP contribution in [0, 0.1) is 0 Å². The Morgan fingerprint density at radius 2 is 1.32 bits per heavy atom. The first-order valence-electron chi connectivity index (χ1n) is 7.00. The van der Waals surface area contributed by atoms with E-state index in [1.165, 1.54) is 0 Å². The lowest BCUT2D eigenvalue weighted by molar-refractivity contribution is -0.235. The molecule has 25 heavy (non-hydrogen) atoms. The summed E-state index contributed by atoms with van der Waals surface area (Å²) in [5.41, 5.74) is 0. The summed E-state index contributed by atoms with van der Waals surface area (Å²) >= 11 is 0. The lowest BCUT2D eigenvalue weighted by Gasteiger charge is -2.32. The Hall–Kier alpha value is -2.56. The number of carbonyl (C=O) groups excluding carboxylic acids is 5. The molecule has 142 valence electrons. The second kappa shape index (κ2) is 11.1. The van der Waals surface area contributed by atoms with Gasteiger partial charge < -0.3 is 23.7 Å². The second-order valence-corrected chi connectivity index (χ2v) is 4.79. The molecule has 0 radical (unpaired) electrons. The van der Waals surface area contributed by atoms with Gasteiger partial charge in [-0.2, -0.15) is 4.94 Å². The van der Waals surface area contributed by atoms with E-state index >= 15 is 0 Å². The summed E-state index contributed by atoms with van der Waals surface area (Å²) in [6.45, 7) is 3.39. The maximum atomic E-state index is 12.6. The molecule has 0 heterocycles. The summed E-state index contributed by atoms with van der Waals surface area (Å²) in [6.07, 6.45) is -7.00. The van der Waals surface area contributed by atoms with Crippen LogP contribution < -0.4 is 0 Å². The standard InChI is InChI=1S/C14H19FO10/c1-7(17)21-6-12(22-8(2)18)14(24-10(4)20)13(23-9(3)19)11(5-16)25-15/h5,11-14H,6H2,1-4H3/t11-,12+,13+,14+/m0/s1. The number of hydrogen-bond donors (Lipinski definition) is 0. The Morgan fingerprint density at radius 3 is 1.68 bits per heavy atom. The Kier molecular flexibility index (Phi) is 9.94. The van der Waals surface area contributed by atoms with Gasteiger partial charge in [-0.15, -0.1) is 0 Å². The van der Waals surface area contributed by atoms with E-state index in [0.29, 0.717) is 0 Å². The SMILES string of the molecule is CC(=O)OC[C@@H](OC(C)=O)[C@@H](OC(C)=O)[C@H](OC(C)=O)[C@H](C=O)OF. The van der Waals surface area contributed by atoms with Crippen molar-refractivity contribution in [3.05, 3.63) is 0 Å². The predicted molar refractivity (Wildman–Crippen MR) is 75.3 cm³/mol. The van der Waals surface area contributed by atoms with E-state index in [4.69, 9.17) is 18.9 Å². The number of rotatable bonds is 10. The highest BCUT2D eigenvalue weighted by Crippen LogP contribution is 2.19. The molecular weight excluding hydrogens is 347 g/mol. The predicted octanol–water partition coefficient (Wildman–Crippen LogP) is -0.187. The summed E-state index contributed by atoms with van der Waals surface area (Å²) in [5, 5.41) is 0. The number of carbonyl (C=O) groups is 5. The van der Waals surface area contributed by atoms with E-state index in [1.54, 1.807) is 0 Å². The third-order valence-electron chi connectivity index (χ3n) is 2.62. The van der Waals surface area contributed by atoms with Crippen molar-refractivity contribution in [3.8, 4) is 0 Å². The van der Waals surface area contributed by atoms with Crippen LogP contribution in [0.1, 0.15) is 27.7 Å². The molecule has 0 aliphatic rings. The first kappa shape index (κ1) is 22.4. The van der Waals surface area contributed by atoms with Crippen LogP contribution in [0.25, 0.3) is 0 Å². The summed E-state index contributed by atoms with van der Waals surface area (Å²) in [4.78, 5) is 59.2. The van der Waals surface area contributed by atoms with Gasteiger partial charge in [0.05, 0.1) is 0 Å². The molecule has 0 spiro atoms. The molecule has 0 amide bonds.